The van der Waals surface area contributed by atoms with Crippen molar-refractivity contribution in [1.82, 2.24) is 15.1 Å². The standard InChI is InChI=1S/C18H22N4O4/c1-10(8-19)21(2)9-11-4-3-5-12-15(11)18(26)22(17(12)25)13-6-7-14(23)20-16(13)24/h3-5,10,13H,6-9,19H2,1-2H3,(H,20,23,24)/t10-,13?/m0/s1. The smallest absolute Gasteiger partial charge is 0.262 e. The fourth-order valence-corrected chi connectivity index (χ4v) is 3.32. The van der Waals surface area contributed by atoms with Gasteiger partial charge in [-0.2, -0.15) is 0 Å². The van der Waals surface area contributed by atoms with Crippen molar-refractivity contribution in [3.63, 3.8) is 0 Å². The van der Waals surface area contributed by atoms with Gasteiger partial charge in [0.1, 0.15) is 6.04 Å². The molecule has 1 aromatic carbocycles. The van der Waals surface area contributed by atoms with Crippen molar-refractivity contribution < 1.29 is 19.2 Å². The largest absolute Gasteiger partial charge is 0.329 e. The number of carbonyl (C=O) groups is 4. The van der Waals surface area contributed by atoms with Crippen LogP contribution < -0.4 is 11.1 Å². The highest BCUT2D eigenvalue weighted by Gasteiger charge is 2.45. The summed E-state index contributed by atoms with van der Waals surface area (Å²) in [5.74, 6) is -1.97. The van der Waals surface area contributed by atoms with Gasteiger partial charge in [-0.15, -0.1) is 0 Å². The lowest BCUT2D eigenvalue weighted by Crippen LogP contribution is -2.54. The van der Waals surface area contributed by atoms with E-state index < -0.39 is 23.8 Å². The van der Waals surface area contributed by atoms with Crippen molar-refractivity contribution in [1.29, 1.82) is 0 Å². The van der Waals surface area contributed by atoms with Crippen LogP contribution in [0.3, 0.4) is 0 Å². The highest BCUT2D eigenvalue weighted by molar-refractivity contribution is 6.24. The molecule has 1 aromatic rings. The molecule has 1 unspecified atom stereocenters. The average molecular weight is 358 g/mol. The van der Waals surface area contributed by atoms with Gasteiger partial charge in [-0.05, 0) is 32.0 Å². The minimum absolute atomic E-state index is 0.105. The minimum Gasteiger partial charge on any atom is -0.329 e. The van der Waals surface area contributed by atoms with Gasteiger partial charge in [0.25, 0.3) is 11.8 Å². The summed E-state index contributed by atoms with van der Waals surface area (Å²) in [7, 11) is 1.90. The lowest BCUT2D eigenvalue weighted by Gasteiger charge is -2.28. The van der Waals surface area contributed by atoms with Crippen molar-refractivity contribution in [3.05, 3.63) is 34.9 Å². The molecule has 26 heavy (non-hydrogen) atoms. The molecule has 1 saturated heterocycles. The molecule has 8 heteroatoms. The van der Waals surface area contributed by atoms with Crippen LogP contribution in [-0.2, 0) is 16.1 Å². The summed E-state index contributed by atoms with van der Waals surface area (Å²) in [5.41, 5.74) is 7.04. The fraction of sp³-hybridized carbons (Fsp3) is 0.444. The second-order valence-corrected chi connectivity index (χ2v) is 6.79. The number of hydrogen-bond donors (Lipinski definition) is 2. The minimum atomic E-state index is -0.950. The summed E-state index contributed by atoms with van der Waals surface area (Å²) in [6, 6.07) is 4.29. The van der Waals surface area contributed by atoms with Crippen molar-refractivity contribution >= 4 is 23.6 Å². The van der Waals surface area contributed by atoms with Crippen LogP contribution in [0.1, 0.15) is 46.0 Å². The summed E-state index contributed by atoms with van der Waals surface area (Å²) in [5, 5.41) is 2.20. The Morgan fingerprint density at radius 2 is 2.00 bits per heavy atom. The summed E-state index contributed by atoms with van der Waals surface area (Å²) in [6.45, 7) is 2.91. The number of carbonyl (C=O) groups excluding carboxylic acids is 4. The maximum Gasteiger partial charge on any atom is 0.262 e. The molecule has 2 aliphatic heterocycles. The number of piperidine rings is 1. The van der Waals surface area contributed by atoms with E-state index in [4.69, 9.17) is 5.73 Å². The Balaban J connectivity index is 1.92. The van der Waals surface area contributed by atoms with E-state index in [0.29, 0.717) is 24.2 Å². The van der Waals surface area contributed by atoms with Gasteiger partial charge in [-0.3, -0.25) is 34.3 Å². The van der Waals surface area contributed by atoms with Gasteiger partial charge in [0.2, 0.25) is 11.8 Å². The molecule has 2 heterocycles. The molecule has 8 nitrogen and oxygen atoms in total. The Morgan fingerprint density at radius 1 is 1.27 bits per heavy atom. The fourth-order valence-electron chi connectivity index (χ4n) is 3.32. The summed E-state index contributed by atoms with van der Waals surface area (Å²) in [4.78, 5) is 52.2. The van der Waals surface area contributed by atoms with Gasteiger partial charge in [-0.25, -0.2) is 0 Å². The zero-order valence-electron chi connectivity index (χ0n) is 14.8. The van der Waals surface area contributed by atoms with Crippen LogP contribution in [0, 0.1) is 0 Å². The zero-order valence-corrected chi connectivity index (χ0v) is 14.8. The normalized spacial score (nSPS) is 21.2. The van der Waals surface area contributed by atoms with Crippen LogP contribution in [-0.4, -0.2) is 59.1 Å². The van der Waals surface area contributed by atoms with E-state index in [9.17, 15) is 19.2 Å². The van der Waals surface area contributed by atoms with Crippen LogP contribution in [0.15, 0.2) is 18.2 Å². The third-order valence-electron chi connectivity index (χ3n) is 5.07. The van der Waals surface area contributed by atoms with Crippen LogP contribution in [0.2, 0.25) is 0 Å². The van der Waals surface area contributed by atoms with E-state index >= 15 is 0 Å². The molecule has 0 saturated carbocycles. The summed E-state index contributed by atoms with van der Waals surface area (Å²) in [6.07, 6.45) is 0.253. The van der Waals surface area contributed by atoms with Crippen molar-refractivity contribution in [3.8, 4) is 0 Å². The number of rotatable bonds is 5. The topological polar surface area (TPSA) is 113 Å². The second-order valence-electron chi connectivity index (χ2n) is 6.79. The number of nitrogens with zero attached hydrogens (tertiary/aromatic N) is 2. The van der Waals surface area contributed by atoms with Crippen LogP contribution in [0.4, 0.5) is 0 Å². The van der Waals surface area contributed by atoms with Crippen LogP contribution in [0.25, 0.3) is 0 Å². The number of nitrogens with one attached hydrogen (secondary N) is 1. The Labute approximate surface area is 151 Å². The quantitative estimate of drug-likeness (QED) is 0.709. The lowest BCUT2D eigenvalue weighted by molar-refractivity contribution is -0.136. The van der Waals surface area contributed by atoms with E-state index in [-0.39, 0.29) is 24.8 Å². The number of benzene rings is 1. The molecular formula is C18H22N4O4. The number of likely N-dealkylation sites (N-methyl/N-ethyl adjacent to an activating group) is 1. The molecule has 138 valence electrons. The molecule has 0 radical (unpaired) electrons. The highest BCUT2D eigenvalue weighted by atomic mass is 16.2. The van der Waals surface area contributed by atoms with E-state index in [1.165, 1.54) is 0 Å². The predicted molar refractivity (Wildman–Crippen MR) is 93.1 cm³/mol. The zero-order chi connectivity index (χ0) is 19.0. The molecule has 0 aromatic heterocycles. The highest BCUT2D eigenvalue weighted by Crippen LogP contribution is 2.30. The molecule has 1 fully saturated rings. The first-order valence-corrected chi connectivity index (χ1v) is 8.59. The second kappa shape index (κ2) is 6.97. The lowest BCUT2D eigenvalue weighted by atomic mass is 10.0. The van der Waals surface area contributed by atoms with E-state index in [1.807, 2.05) is 18.9 Å². The van der Waals surface area contributed by atoms with Gasteiger partial charge in [0.15, 0.2) is 0 Å². The molecule has 3 rings (SSSR count). The Bertz CT molecular complexity index is 791. The monoisotopic (exact) mass is 358 g/mol. The van der Waals surface area contributed by atoms with Gasteiger partial charge in [0.05, 0.1) is 11.1 Å². The number of fused-ring (bicyclic) bond motifs is 1. The number of hydrogen-bond acceptors (Lipinski definition) is 6. The van der Waals surface area contributed by atoms with Crippen molar-refractivity contribution in [2.24, 2.45) is 5.73 Å². The van der Waals surface area contributed by atoms with Gasteiger partial charge >= 0.3 is 0 Å². The Kier molecular flexibility index (Phi) is 4.88. The first-order chi connectivity index (χ1) is 12.3. The summed E-state index contributed by atoms with van der Waals surface area (Å²) >= 11 is 0. The SMILES string of the molecule is C[C@@H](CN)N(C)Cc1cccc2c1C(=O)N(C1CCC(=O)NC1=O)C2=O. The molecule has 3 N–H and O–H groups in total. The molecular weight excluding hydrogens is 336 g/mol. The van der Waals surface area contributed by atoms with Gasteiger partial charge in [-0.1, -0.05) is 12.1 Å². The molecule has 2 atom stereocenters. The maximum atomic E-state index is 13.0. The molecule has 0 spiro atoms. The number of amides is 4. The third kappa shape index (κ3) is 3.02. The maximum absolute atomic E-state index is 13.0. The average Bonchev–Trinajstić information content (AvgIpc) is 2.86. The van der Waals surface area contributed by atoms with Crippen molar-refractivity contribution in [2.45, 2.75) is 38.4 Å². The molecule has 4 amide bonds. The molecule has 0 aliphatic carbocycles. The van der Waals surface area contributed by atoms with Crippen LogP contribution >= 0.6 is 0 Å². The first-order valence-electron chi connectivity index (χ1n) is 8.59. The van der Waals surface area contributed by atoms with E-state index in [1.54, 1.807) is 18.2 Å². The number of imide groups is 2. The van der Waals surface area contributed by atoms with Gasteiger partial charge < -0.3 is 5.73 Å². The molecule has 2 aliphatic rings. The van der Waals surface area contributed by atoms with E-state index in [2.05, 4.69) is 5.32 Å². The van der Waals surface area contributed by atoms with Crippen LogP contribution in [0.5, 0.6) is 0 Å². The molecule has 0 bridgehead atoms. The predicted octanol–water partition coefficient (Wildman–Crippen LogP) is -0.133. The Hall–Kier alpha value is -2.58. The van der Waals surface area contributed by atoms with Gasteiger partial charge in [0, 0.05) is 25.6 Å². The van der Waals surface area contributed by atoms with Crippen molar-refractivity contribution in [2.75, 3.05) is 13.6 Å². The number of nitrogens with two attached hydrogens (primary N) is 1. The Morgan fingerprint density at radius 3 is 2.65 bits per heavy atom. The summed E-state index contributed by atoms with van der Waals surface area (Å²) < 4.78 is 0. The third-order valence-corrected chi connectivity index (χ3v) is 5.07. The van der Waals surface area contributed by atoms with E-state index in [0.717, 1.165) is 10.5 Å². The first kappa shape index (κ1) is 18.2.